The number of carbonyl (C=O) groups is 3. The lowest BCUT2D eigenvalue weighted by atomic mass is 9.93. The maximum Gasteiger partial charge on any atom is 0.417 e. The van der Waals surface area contributed by atoms with Crippen LogP contribution in [0.25, 0.3) is 0 Å². The van der Waals surface area contributed by atoms with Crippen molar-refractivity contribution >= 4 is 17.8 Å². The van der Waals surface area contributed by atoms with Gasteiger partial charge in [0.1, 0.15) is 23.4 Å². The van der Waals surface area contributed by atoms with Gasteiger partial charge in [0, 0.05) is 12.1 Å². The Bertz CT molecular complexity index is 708. The van der Waals surface area contributed by atoms with Crippen molar-refractivity contribution in [2.75, 3.05) is 13.3 Å². The molecule has 0 aromatic heterocycles. The van der Waals surface area contributed by atoms with Crippen LogP contribution in [0.2, 0.25) is 0 Å². The summed E-state index contributed by atoms with van der Waals surface area (Å²) in [6.07, 6.45) is -1.32. The van der Waals surface area contributed by atoms with Gasteiger partial charge in [-0.15, -0.1) is 0 Å². The van der Waals surface area contributed by atoms with Gasteiger partial charge >= 0.3 is 6.09 Å². The van der Waals surface area contributed by atoms with E-state index in [2.05, 4.69) is 0 Å². The predicted molar refractivity (Wildman–Crippen MR) is 86.8 cm³/mol. The SMILES string of the molecule is CC(C)(C)OC(=O)N1CCC(C(=O)C2OCOc3ccccc32)C1=O. The first-order valence-corrected chi connectivity index (χ1v) is 8.19. The normalized spacial score (nSPS) is 23.0. The molecule has 2 heterocycles. The fraction of sp³-hybridized carbons (Fsp3) is 0.500. The van der Waals surface area contributed by atoms with E-state index in [1.54, 1.807) is 45.0 Å². The fourth-order valence-electron chi connectivity index (χ4n) is 2.94. The number of carbonyl (C=O) groups excluding carboxylic acids is 3. The highest BCUT2D eigenvalue weighted by Crippen LogP contribution is 2.36. The number of nitrogens with zero attached hydrogens (tertiary/aromatic N) is 1. The molecule has 2 unspecified atom stereocenters. The third-order valence-corrected chi connectivity index (χ3v) is 4.07. The second-order valence-electron chi connectivity index (χ2n) is 7.06. The molecular weight excluding hydrogens is 326 g/mol. The molecule has 1 fully saturated rings. The Kier molecular flexibility index (Phi) is 4.51. The summed E-state index contributed by atoms with van der Waals surface area (Å²) in [4.78, 5) is 38.5. The first kappa shape index (κ1) is 17.4. The van der Waals surface area contributed by atoms with Crippen molar-refractivity contribution < 1.29 is 28.6 Å². The summed E-state index contributed by atoms with van der Waals surface area (Å²) in [7, 11) is 0. The van der Waals surface area contributed by atoms with Crippen LogP contribution in [0.5, 0.6) is 5.75 Å². The van der Waals surface area contributed by atoms with E-state index in [0.717, 1.165) is 4.90 Å². The molecule has 25 heavy (non-hydrogen) atoms. The number of Topliss-reactive ketones (excluding diaryl/α,β-unsaturated/α-hetero) is 1. The van der Waals surface area contributed by atoms with Crippen LogP contribution in [0.1, 0.15) is 38.9 Å². The lowest BCUT2D eigenvalue weighted by Crippen LogP contribution is -2.40. The number of fused-ring (bicyclic) bond motifs is 1. The average Bonchev–Trinajstić information content (AvgIpc) is 2.94. The van der Waals surface area contributed by atoms with E-state index in [0.29, 0.717) is 11.3 Å². The van der Waals surface area contributed by atoms with Crippen molar-refractivity contribution in [1.82, 2.24) is 4.90 Å². The van der Waals surface area contributed by atoms with Crippen LogP contribution in [0.15, 0.2) is 24.3 Å². The Morgan fingerprint density at radius 3 is 2.68 bits per heavy atom. The third kappa shape index (κ3) is 3.51. The predicted octanol–water partition coefficient (Wildman–Crippen LogP) is 2.45. The van der Waals surface area contributed by atoms with Crippen LogP contribution in [0, 0.1) is 5.92 Å². The quantitative estimate of drug-likeness (QED) is 0.764. The molecule has 0 spiro atoms. The smallest absolute Gasteiger partial charge is 0.417 e. The van der Waals surface area contributed by atoms with Gasteiger partial charge in [-0.05, 0) is 33.3 Å². The fourth-order valence-corrected chi connectivity index (χ4v) is 2.94. The molecule has 1 saturated heterocycles. The number of hydrogen-bond acceptors (Lipinski definition) is 6. The number of likely N-dealkylation sites (tertiary alicyclic amines) is 1. The Hall–Kier alpha value is -2.41. The van der Waals surface area contributed by atoms with Crippen molar-refractivity contribution in [3.63, 3.8) is 0 Å². The summed E-state index contributed by atoms with van der Waals surface area (Å²) in [6, 6.07) is 7.07. The van der Waals surface area contributed by atoms with E-state index in [4.69, 9.17) is 14.2 Å². The zero-order chi connectivity index (χ0) is 18.2. The molecule has 3 rings (SSSR count). The lowest BCUT2D eigenvalue weighted by molar-refractivity contribution is -0.148. The molecule has 7 heteroatoms. The maximum atomic E-state index is 12.8. The first-order chi connectivity index (χ1) is 11.8. The van der Waals surface area contributed by atoms with E-state index in [1.165, 1.54) is 0 Å². The number of benzene rings is 1. The summed E-state index contributed by atoms with van der Waals surface area (Å²) >= 11 is 0. The minimum absolute atomic E-state index is 0.0515. The molecule has 2 aliphatic rings. The minimum Gasteiger partial charge on any atom is -0.467 e. The Morgan fingerprint density at radius 2 is 1.96 bits per heavy atom. The number of ether oxygens (including phenoxy) is 3. The van der Waals surface area contributed by atoms with Gasteiger partial charge in [0.25, 0.3) is 0 Å². The number of hydrogen-bond donors (Lipinski definition) is 0. The summed E-state index contributed by atoms with van der Waals surface area (Å²) in [5.74, 6) is -1.23. The molecule has 2 amide bonds. The Balaban J connectivity index is 1.75. The Labute approximate surface area is 145 Å². The zero-order valence-corrected chi connectivity index (χ0v) is 14.5. The molecule has 1 aromatic carbocycles. The first-order valence-electron chi connectivity index (χ1n) is 8.19. The number of imide groups is 1. The number of ketones is 1. The molecule has 0 N–H and O–H groups in total. The monoisotopic (exact) mass is 347 g/mol. The summed E-state index contributed by atoms with van der Waals surface area (Å²) in [5, 5.41) is 0. The highest BCUT2D eigenvalue weighted by atomic mass is 16.7. The molecule has 0 radical (unpaired) electrons. The van der Waals surface area contributed by atoms with E-state index in [1.807, 2.05) is 0 Å². The van der Waals surface area contributed by atoms with Gasteiger partial charge in [0.15, 0.2) is 12.6 Å². The molecule has 1 aromatic rings. The van der Waals surface area contributed by atoms with Gasteiger partial charge in [-0.1, -0.05) is 18.2 Å². The lowest BCUT2D eigenvalue weighted by Gasteiger charge is -2.27. The molecule has 0 bridgehead atoms. The summed E-state index contributed by atoms with van der Waals surface area (Å²) < 4.78 is 16.0. The second-order valence-corrected chi connectivity index (χ2v) is 7.06. The van der Waals surface area contributed by atoms with Crippen molar-refractivity contribution in [3.05, 3.63) is 29.8 Å². The van der Waals surface area contributed by atoms with Gasteiger partial charge in [-0.2, -0.15) is 0 Å². The van der Waals surface area contributed by atoms with Crippen LogP contribution in [-0.2, 0) is 19.1 Å². The molecule has 7 nitrogen and oxygen atoms in total. The highest BCUT2D eigenvalue weighted by molar-refractivity contribution is 6.09. The zero-order valence-electron chi connectivity index (χ0n) is 14.5. The van der Waals surface area contributed by atoms with Gasteiger partial charge in [-0.25, -0.2) is 9.69 Å². The summed E-state index contributed by atoms with van der Waals surface area (Å²) in [5.41, 5.74) is -0.107. The molecule has 134 valence electrons. The number of amides is 2. The van der Waals surface area contributed by atoms with Crippen LogP contribution in [0.3, 0.4) is 0 Å². The number of rotatable bonds is 2. The van der Waals surface area contributed by atoms with Gasteiger partial charge < -0.3 is 14.2 Å². The van der Waals surface area contributed by atoms with E-state index in [9.17, 15) is 14.4 Å². The highest BCUT2D eigenvalue weighted by Gasteiger charge is 2.45. The largest absolute Gasteiger partial charge is 0.467 e. The maximum absolute atomic E-state index is 12.8. The average molecular weight is 347 g/mol. The van der Waals surface area contributed by atoms with E-state index in [-0.39, 0.29) is 25.5 Å². The standard InChI is InChI=1S/C18H21NO6/c1-18(2,3)25-17(22)19-9-8-12(16(19)21)14(20)15-11-6-4-5-7-13(11)23-10-24-15/h4-7,12,15H,8-10H2,1-3H3. The Morgan fingerprint density at radius 1 is 1.24 bits per heavy atom. The molecule has 2 atom stereocenters. The third-order valence-electron chi connectivity index (χ3n) is 4.07. The van der Waals surface area contributed by atoms with E-state index < -0.39 is 29.6 Å². The van der Waals surface area contributed by atoms with Crippen LogP contribution in [-0.4, -0.2) is 41.6 Å². The second kappa shape index (κ2) is 6.48. The van der Waals surface area contributed by atoms with E-state index >= 15 is 0 Å². The number of para-hydroxylation sites is 1. The molecular formula is C18H21NO6. The van der Waals surface area contributed by atoms with Gasteiger partial charge in [0.05, 0.1) is 0 Å². The molecule has 0 aliphatic carbocycles. The van der Waals surface area contributed by atoms with Crippen LogP contribution in [0.4, 0.5) is 4.79 Å². The molecule has 0 saturated carbocycles. The summed E-state index contributed by atoms with van der Waals surface area (Å²) in [6.45, 7) is 5.28. The topological polar surface area (TPSA) is 82.1 Å². The van der Waals surface area contributed by atoms with Crippen molar-refractivity contribution in [2.45, 2.75) is 38.9 Å². The molecule has 2 aliphatic heterocycles. The van der Waals surface area contributed by atoms with Crippen LogP contribution < -0.4 is 4.74 Å². The van der Waals surface area contributed by atoms with Crippen LogP contribution >= 0.6 is 0 Å². The minimum atomic E-state index is -0.913. The van der Waals surface area contributed by atoms with Crippen molar-refractivity contribution in [1.29, 1.82) is 0 Å². The van der Waals surface area contributed by atoms with Gasteiger partial charge in [-0.3, -0.25) is 9.59 Å². The van der Waals surface area contributed by atoms with Crippen molar-refractivity contribution in [2.24, 2.45) is 5.92 Å². The van der Waals surface area contributed by atoms with Crippen molar-refractivity contribution in [3.8, 4) is 5.75 Å². The van der Waals surface area contributed by atoms with Gasteiger partial charge in [0.2, 0.25) is 5.91 Å².